The Hall–Kier alpha value is -3.39. The van der Waals surface area contributed by atoms with Crippen molar-refractivity contribution in [3.05, 3.63) is 101 Å². The van der Waals surface area contributed by atoms with E-state index in [4.69, 9.17) is 0 Å². The Kier molecular flexibility index (Phi) is 2.98. The second-order valence-corrected chi connectivity index (χ2v) is 6.20. The normalized spacial score (nSPS) is 11.4. The van der Waals surface area contributed by atoms with Crippen molar-refractivity contribution >= 4 is 32.4 Å². The van der Waals surface area contributed by atoms with E-state index in [1.807, 2.05) is 77.4 Å². The van der Waals surface area contributed by atoms with Crippen LogP contribution in [0.15, 0.2) is 95.8 Å². The van der Waals surface area contributed by atoms with Gasteiger partial charge in [0.25, 0.3) is 5.56 Å². The second kappa shape index (κ2) is 5.32. The van der Waals surface area contributed by atoms with Crippen LogP contribution in [0.4, 0.5) is 0 Å². The Bertz CT molecular complexity index is 1300. The van der Waals surface area contributed by atoms with Crippen molar-refractivity contribution in [2.45, 2.75) is 0 Å². The Balaban J connectivity index is 2.09. The van der Waals surface area contributed by atoms with Gasteiger partial charge in [0.1, 0.15) is 0 Å². The maximum absolute atomic E-state index is 13.3. The fraction of sp³-hybridized carbons (Fsp3) is 0. The molecule has 118 valence electrons. The Morgan fingerprint density at radius 2 is 1.24 bits per heavy atom. The van der Waals surface area contributed by atoms with E-state index in [9.17, 15) is 4.79 Å². The molecule has 0 saturated heterocycles. The van der Waals surface area contributed by atoms with Crippen LogP contribution in [0.3, 0.4) is 0 Å². The van der Waals surface area contributed by atoms with Crippen molar-refractivity contribution in [1.29, 1.82) is 0 Å². The van der Waals surface area contributed by atoms with E-state index in [1.165, 1.54) is 0 Å². The minimum absolute atomic E-state index is 0.0191. The van der Waals surface area contributed by atoms with Gasteiger partial charge in [0.05, 0.1) is 5.52 Å². The molecular formula is C23H15NO. The standard InChI is InChI=1S/C23H15NO/c25-23-20-15-14-16-8-4-5-11-18(16)22(20)19-12-6-7-13-21(19)24(23)17-9-2-1-3-10-17/h1-15H. The van der Waals surface area contributed by atoms with Gasteiger partial charge in [0.15, 0.2) is 0 Å². The third kappa shape index (κ3) is 2.01. The van der Waals surface area contributed by atoms with Crippen LogP contribution in [0.5, 0.6) is 0 Å². The highest BCUT2D eigenvalue weighted by molar-refractivity contribution is 6.19. The zero-order chi connectivity index (χ0) is 16.8. The highest BCUT2D eigenvalue weighted by Crippen LogP contribution is 2.31. The van der Waals surface area contributed by atoms with Gasteiger partial charge in [-0.25, -0.2) is 0 Å². The zero-order valence-electron chi connectivity index (χ0n) is 13.5. The largest absolute Gasteiger partial charge is 0.276 e. The Labute approximate surface area is 144 Å². The van der Waals surface area contributed by atoms with Gasteiger partial charge < -0.3 is 0 Å². The van der Waals surface area contributed by atoms with Crippen molar-refractivity contribution in [3.8, 4) is 5.69 Å². The van der Waals surface area contributed by atoms with Gasteiger partial charge in [-0.1, -0.05) is 66.7 Å². The van der Waals surface area contributed by atoms with E-state index < -0.39 is 0 Å². The molecule has 0 atom stereocenters. The number of aromatic nitrogens is 1. The molecule has 0 saturated carbocycles. The average molecular weight is 321 g/mol. The van der Waals surface area contributed by atoms with Gasteiger partial charge in [-0.15, -0.1) is 0 Å². The minimum Gasteiger partial charge on any atom is -0.276 e. The maximum atomic E-state index is 13.3. The van der Waals surface area contributed by atoms with E-state index in [0.717, 1.165) is 38.1 Å². The molecule has 0 N–H and O–H groups in total. The molecule has 0 spiro atoms. The molecular weight excluding hydrogens is 306 g/mol. The highest BCUT2D eigenvalue weighted by atomic mass is 16.1. The van der Waals surface area contributed by atoms with Gasteiger partial charge in [-0.05, 0) is 35.0 Å². The lowest BCUT2D eigenvalue weighted by atomic mass is 9.99. The molecule has 0 aliphatic heterocycles. The van der Waals surface area contributed by atoms with E-state index in [1.54, 1.807) is 0 Å². The summed E-state index contributed by atoms with van der Waals surface area (Å²) < 4.78 is 1.81. The van der Waals surface area contributed by atoms with Gasteiger partial charge in [0, 0.05) is 21.8 Å². The molecule has 2 nitrogen and oxygen atoms in total. The first kappa shape index (κ1) is 14.0. The van der Waals surface area contributed by atoms with Crippen molar-refractivity contribution in [3.63, 3.8) is 0 Å². The first-order valence-electron chi connectivity index (χ1n) is 8.35. The van der Waals surface area contributed by atoms with Gasteiger partial charge in [0.2, 0.25) is 0 Å². The maximum Gasteiger partial charge on any atom is 0.263 e. The molecule has 0 amide bonds. The summed E-state index contributed by atoms with van der Waals surface area (Å²) in [7, 11) is 0. The van der Waals surface area contributed by atoms with Crippen molar-refractivity contribution in [1.82, 2.24) is 4.57 Å². The topological polar surface area (TPSA) is 22.0 Å². The SMILES string of the molecule is O=c1c2ccc3ccccc3c2c2ccccc2n1-c1ccccc1. The van der Waals surface area contributed by atoms with Crippen LogP contribution in [-0.4, -0.2) is 4.57 Å². The molecule has 0 aliphatic rings. The van der Waals surface area contributed by atoms with E-state index in [-0.39, 0.29) is 5.56 Å². The van der Waals surface area contributed by atoms with Gasteiger partial charge >= 0.3 is 0 Å². The fourth-order valence-electron chi connectivity index (χ4n) is 3.68. The molecule has 1 heterocycles. The van der Waals surface area contributed by atoms with E-state index >= 15 is 0 Å². The molecule has 0 radical (unpaired) electrons. The first-order chi connectivity index (χ1) is 12.3. The smallest absolute Gasteiger partial charge is 0.263 e. The van der Waals surface area contributed by atoms with Gasteiger partial charge in [-0.2, -0.15) is 0 Å². The predicted molar refractivity (Wildman–Crippen MR) is 105 cm³/mol. The third-order valence-electron chi connectivity index (χ3n) is 4.79. The Morgan fingerprint density at radius 1 is 0.560 bits per heavy atom. The van der Waals surface area contributed by atoms with E-state index in [2.05, 4.69) is 18.2 Å². The summed E-state index contributed by atoms with van der Waals surface area (Å²) in [6, 6.07) is 30.2. The number of hydrogen-bond donors (Lipinski definition) is 0. The quantitative estimate of drug-likeness (QED) is 0.384. The molecule has 0 aliphatic carbocycles. The van der Waals surface area contributed by atoms with Crippen LogP contribution in [0.25, 0.3) is 38.1 Å². The van der Waals surface area contributed by atoms with Gasteiger partial charge in [-0.3, -0.25) is 9.36 Å². The summed E-state index contributed by atoms with van der Waals surface area (Å²) in [5.41, 5.74) is 1.84. The summed E-state index contributed by atoms with van der Waals surface area (Å²) in [6.45, 7) is 0. The highest BCUT2D eigenvalue weighted by Gasteiger charge is 2.13. The van der Waals surface area contributed by atoms with Crippen LogP contribution in [-0.2, 0) is 0 Å². The number of fused-ring (bicyclic) bond motifs is 5. The number of nitrogens with zero attached hydrogens (tertiary/aromatic N) is 1. The molecule has 2 heteroatoms. The number of benzene rings is 4. The molecule has 0 bridgehead atoms. The molecule has 4 aromatic carbocycles. The Morgan fingerprint density at radius 3 is 2.08 bits per heavy atom. The first-order valence-corrected chi connectivity index (χ1v) is 8.35. The lowest BCUT2D eigenvalue weighted by Gasteiger charge is -2.14. The van der Waals surface area contributed by atoms with Crippen molar-refractivity contribution in [2.75, 3.05) is 0 Å². The van der Waals surface area contributed by atoms with Crippen LogP contribution in [0.1, 0.15) is 0 Å². The minimum atomic E-state index is 0.0191. The predicted octanol–water partition coefficient (Wildman–Crippen LogP) is 5.30. The lowest BCUT2D eigenvalue weighted by Crippen LogP contribution is -2.19. The summed E-state index contributed by atoms with van der Waals surface area (Å²) in [6.07, 6.45) is 0. The van der Waals surface area contributed by atoms with Crippen LogP contribution in [0, 0.1) is 0 Å². The lowest BCUT2D eigenvalue weighted by molar-refractivity contribution is 1.06. The molecule has 5 rings (SSSR count). The van der Waals surface area contributed by atoms with Crippen LogP contribution >= 0.6 is 0 Å². The summed E-state index contributed by atoms with van der Waals surface area (Å²) in [5, 5.41) is 5.15. The number of hydrogen-bond acceptors (Lipinski definition) is 1. The zero-order valence-corrected chi connectivity index (χ0v) is 13.5. The molecule has 1 aromatic heterocycles. The third-order valence-corrected chi connectivity index (χ3v) is 4.79. The molecule has 25 heavy (non-hydrogen) atoms. The molecule has 5 aromatic rings. The number of rotatable bonds is 1. The van der Waals surface area contributed by atoms with E-state index in [0.29, 0.717) is 0 Å². The number of para-hydroxylation sites is 2. The second-order valence-electron chi connectivity index (χ2n) is 6.20. The van der Waals surface area contributed by atoms with Crippen LogP contribution < -0.4 is 5.56 Å². The average Bonchev–Trinajstić information content (AvgIpc) is 2.68. The summed E-state index contributed by atoms with van der Waals surface area (Å²) in [4.78, 5) is 13.3. The van der Waals surface area contributed by atoms with Crippen molar-refractivity contribution < 1.29 is 0 Å². The molecule has 0 unspecified atom stereocenters. The van der Waals surface area contributed by atoms with Crippen LogP contribution in [0.2, 0.25) is 0 Å². The summed E-state index contributed by atoms with van der Waals surface area (Å²) >= 11 is 0. The number of pyridine rings is 1. The molecule has 0 fully saturated rings. The van der Waals surface area contributed by atoms with Crippen molar-refractivity contribution in [2.24, 2.45) is 0 Å². The fourth-order valence-corrected chi connectivity index (χ4v) is 3.68. The monoisotopic (exact) mass is 321 g/mol. The summed E-state index contributed by atoms with van der Waals surface area (Å²) in [5.74, 6) is 0.